The number of hydrogen-bond acceptors (Lipinski definition) is 4. The standard InChI is InChI=1S/C20H17F2N3O4/c21-12-2-1-11(14(22)3-12)6-23-18(28)13-8-24-9-20-4-10(5-20)7-25(20)19(29)15(24)17(27)16(13)26/h1-3,8,10,27H,4-7,9H2,(H,23,28)/t10-,20+. The lowest BCUT2D eigenvalue weighted by Gasteiger charge is -2.46. The van der Waals surface area contributed by atoms with Gasteiger partial charge in [0.25, 0.3) is 11.8 Å². The van der Waals surface area contributed by atoms with Gasteiger partial charge >= 0.3 is 0 Å². The normalized spacial score (nSPS) is 24.0. The van der Waals surface area contributed by atoms with Crippen LogP contribution in [-0.2, 0) is 13.1 Å². The number of nitrogens with one attached hydrogen (secondary N) is 1. The van der Waals surface area contributed by atoms with E-state index in [2.05, 4.69) is 5.32 Å². The van der Waals surface area contributed by atoms with Gasteiger partial charge in [-0.25, -0.2) is 8.78 Å². The summed E-state index contributed by atoms with van der Waals surface area (Å²) < 4.78 is 28.2. The van der Waals surface area contributed by atoms with Gasteiger partial charge in [-0.15, -0.1) is 0 Å². The zero-order valence-corrected chi connectivity index (χ0v) is 15.2. The van der Waals surface area contributed by atoms with Gasteiger partial charge in [-0.2, -0.15) is 0 Å². The summed E-state index contributed by atoms with van der Waals surface area (Å²) in [6.07, 6.45) is 3.02. The second kappa shape index (κ2) is 5.88. The van der Waals surface area contributed by atoms with Crippen molar-refractivity contribution in [2.75, 3.05) is 6.54 Å². The third-order valence-electron chi connectivity index (χ3n) is 6.22. The van der Waals surface area contributed by atoms with Gasteiger partial charge in [0.1, 0.15) is 17.2 Å². The molecular formula is C20H17F2N3O4. The number of carbonyl (C=O) groups excluding carboxylic acids is 2. The molecule has 1 saturated carbocycles. The highest BCUT2D eigenvalue weighted by atomic mass is 19.1. The van der Waals surface area contributed by atoms with Crippen LogP contribution in [0.2, 0.25) is 0 Å². The summed E-state index contributed by atoms with van der Waals surface area (Å²) in [6.45, 7) is 0.772. The van der Waals surface area contributed by atoms with Crippen molar-refractivity contribution in [3.05, 3.63) is 63.1 Å². The van der Waals surface area contributed by atoms with E-state index in [0.717, 1.165) is 18.9 Å². The lowest BCUT2D eigenvalue weighted by Crippen LogP contribution is -2.56. The fourth-order valence-corrected chi connectivity index (χ4v) is 4.87. The Morgan fingerprint density at radius 1 is 1.28 bits per heavy atom. The van der Waals surface area contributed by atoms with Gasteiger partial charge in [0.05, 0.1) is 5.54 Å². The number of nitrogens with zero attached hydrogens (tertiary/aromatic N) is 2. The zero-order valence-electron chi connectivity index (χ0n) is 15.2. The number of aromatic nitrogens is 1. The minimum absolute atomic E-state index is 0.0539. The average Bonchev–Trinajstić information content (AvgIpc) is 3.19. The van der Waals surface area contributed by atoms with Crippen LogP contribution in [0.3, 0.4) is 0 Å². The number of hydrogen-bond donors (Lipinski definition) is 2. The van der Waals surface area contributed by atoms with E-state index in [1.165, 1.54) is 16.8 Å². The molecule has 0 radical (unpaired) electrons. The van der Waals surface area contributed by atoms with Crippen molar-refractivity contribution < 1.29 is 23.5 Å². The molecule has 2 aromatic rings. The monoisotopic (exact) mass is 401 g/mol. The number of fused-ring (bicyclic) bond motifs is 1. The van der Waals surface area contributed by atoms with E-state index < -0.39 is 34.6 Å². The van der Waals surface area contributed by atoms with E-state index in [0.29, 0.717) is 25.1 Å². The van der Waals surface area contributed by atoms with Crippen molar-refractivity contribution in [1.29, 1.82) is 0 Å². The molecule has 1 aromatic heterocycles. The lowest BCUT2D eigenvalue weighted by molar-refractivity contribution is 0.0389. The molecule has 4 heterocycles. The maximum Gasteiger partial charge on any atom is 0.275 e. The van der Waals surface area contributed by atoms with E-state index in [9.17, 15) is 28.3 Å². The molecule has 3 fully saturated rings. The molecular weight excluding hydrogens is 384 g/mol. The number of rotatable bonds is 3. The van der Waals surface area contributed by atoms with Crippen molar-refractivity contribution in [2.24, 2.45) is 5.92 Å². The molecule has 0 unspecified atom stereocenters. The van der Waals surface area contributed by atoms with Crippen LogP contribution in [0.15, 0.2) is 29.2 Å². The highest BCUT2D eigenvalue weighted by Crippen LogP contribution is 2.53. The topological polar surface area (TPSA) is 91.6 Å². The molecule has 1 aliphatic carbocycles. The lowest BCUT2D eigenvalue weighted by atomic mass is 9.72. The Kier molecular flexibility index (Phi) is 3.62. The molecule has 6 rings (SSSR count). The first-order valence-corrected chi connectivity index (χ1v) is 9.29. The summed E-state index contributed by atoms with van der Waals surface area (Å²) in [5, 5.41) is 12.8. The van der Waals surface area contributed by atoms with Gasteiger partial charge in [-0.05, 0) is 24.8 Å². The molecule has 2 saturated heterocycles. The summed E-state index contributed by atoms with van der Waals surface area (Å²) in [7, 11) is 0. The van der Waals surface area contributed by atoms with Crippen molar-refractivity contribution in [2.45, 2.75) is 31.5 Å². The largest absolute Gasteiger partial charge is 0.503 e. The zero-order chi connectivity index (χ0) is 20.5. The minimum Gasteiger partial charge on any atom is -0.503 e. The molecule has 4 aliphatic rings. The molecule has 2 bridgehead atoms. The summed E-state index contributed by atoms with van der Waals surface area (Å²) >= 11 is 0. The molecule has 29 heavy (non-hydrogen) atoms. The van der Waals surface area contributed by atoms with Gasteiger partial charge in [-0.1, -0.05) is 6.07 Å². The van der Waals surface area contributed by atoms with E-state index in [4.69, 9.17) is 0 Å². The Morgan fingerprint density at radius 3 is 2.76 bits per heavy atom. The van der Waals surface area contributed by atoms with E-state index in [1.54, 1.807) is 4.90 Å². The van der Waals surface area contributed by atoms with Gasteiger partial charge in [0.2, 0.25) is 5.43 Å². The number of benzene rings is 1. The number of carbonyl (C=O) groups is 2. The van der Waals surface area contributed by atoms with Gasteiger partial charge in [0.15, 0.2) is 11.4 Å². The minimum atomic E-state index is -0.954. The highest BCUT2D eigenvalue weighted by Gasteiger charge is 2.60. The molecule has 1 aromatic carbocycles. The molecule has 150 valence electrons. The first-order chi connectivity index (χ1) is 13.8. The Balaban J connectivity index is 1.45. The SMILES string of the molecule is O=C(NCc1ccc(F)cc1F)c1cn2c(c(O)c1=O)C(=O)N1C[C@H]3C[C@]1(C2)C3. The Morgan fingerprint density at radius 2 is 2.03 bits per heavy atom. The van der Waals surface area contributed by atoms with Crippen LogP contribution >= 0.6 is 0 Å². The summed E-state index contributed by atoms with van der Waals surface area (Å²) in [5.41, 5.74) is -1.64. The first kappa shape index (κ1) is 17.8. The van der Waals surface area contributed by atoms with Crippen LogP contribution in [0, 0.1) is 17.6 Å². The van der Waals surface area contributed by atoms with Crippen molar-refractivity contribution >= 4 is 11.8 Å². The van der Waals surface area contributed by atoms with Gasteiger partial charge < -0.3 is 19.9 Å². The van der Waals surface area contributed by atoms with Crippen LogP contribution < -0.4 is 10.7 Å². The molecule has 2 amide bonds. The second-order valence-corrected chi connectivity index (χ2v) is 8.03. The highest BCUT2D eigenvalue weighted by molar-refractivity contribution is 5.99. The van der Waals surface area contributed by atoms with Crippen molar-refractivity contribution in [3.8, 4) is 5.75 Å². The molecule has 7 nitrogen and oxygen atoms in total. The molecule has 1 spiro atoms. The van der Waals surface area contributed by atoms with Gasteiger partial charge in [0, 0.05) is 37.5 Å². The third-order valence-corrected chi connectivity index (χ3v) is 6.22. The number of halogens is 2. The Bertz CT molecular complexity index is 1140. The molecule has 3 aliphatic heterocycles. The molecule has 9 heteroatoms. The van der Waals surface area contributed by atoms with Gasteiger partial charge in [-0.3, -0.25) is 14.4 Å². The van der Waals surface area contributed by atoms with E-state index >= 15 is 0 Å². The first-order valence-electron chi connectivity index (χ1n) is 9.29. The van der Waals surface area contributed by atoms with Crippen LogP contribution in [-0.4, -0.2) is 38.5 Å². The maximum absolute atomic E-state index is 13.7. The maximum atomic E-state index is 13.7. The van der Waals surface area contributed by atoms with E-state index in [1.807, 2.05) is 0 Å². The van der Waals surface area contributed by atoms with Crippen LogP contribution in [0.4, 0.5) is 8.78 Å². The average molecular weight is 401 g/mol. The number of aromatic hydroxyl groups is 1. The third kappa shape index (κ3) is 2.49. The quantitative estimate of drug-likeness (QED) is 0.813. The van der Waals surface area contributed by atoms with Crippen molar-refractivity contribution in [3.63, 3.8) is 0 Å². The van der Waals surface area contributed by atoms with Crippen LogP contribution in [0.25, 0.3) is 0 Å². The second-order valence-electron chi connectivity index (χ2n) is 8.03. The number of pyridine rings is 1. The fourth-order valence-electron chi connectivity index (χ4n) is 4.87. The molecule has 0 atom stereocenters. The van der Waals surface area contributed by atoms with Crippen LogP contribution in [0.5, 0.6) is 5.75 Å². The summed E-state index contributed by atoms with van der Waals surface area (Å²) in [5.74, 6) is -3.08. The Hall–Kier alpha value is -3.23. The Labute approximate surface area is 163 Å². The smallest absolute Gasteiger partial charge is 0.275 e. The molecule has 2 N–H and O–H groups in total. The summed E-state index contributed by atoms with van der Waals surface area (Å²) in [4.78, 5) is 39.6. The van der Waals surface area contributed by atoms with Crippen molar-refractivity contribution in [1.82, 2.24) is 14.8 Å². The fraction of sp³-hybridized carbons (Fsp3) is 0.350. The van der Waals surface area contributed by atoms with Crippen LogP contribution in [0.1, 0.15) is 39.3 Å². The number of amides is 2. The predicted molar refractivity (Wildman–Crippen MR) is 96.4 cm³/mol. The summed E-state index contributed by atoms with van der Waals surface area (Å²) in [6, 6.07) is 2.96. The van der Waals surface area contributed by atoms with E-state index in [-0.39, 0.29) is 28.9 Å². The predicted octanol–water partition coefficient (Wildman–Crippen LogP) is 1.38.